The van der Waals surface area contributed by atoms with Crippen LogP contribution in [-0.2, 0) is 106 Å². The second-order valence-electron chi connectivity index (χ2n) is 32.7. The van der Waals surface area contributed by atoms with Gasteiger partial charge >= 0.3 is 75.6 Å². The Balaban J connectivity index is 0.000000230. The molecule has 4 saturated heterocycles. The molecule has 3 aromatic heterocycles. The van der Waals surface area contributed by atoms with Gasteiger partial charge in [0.15, 0.2) is 34.9 Å². The number of halogens is 8. The third-order valence-corrected chi connectivity index (χ3v) is 19.6. The van der Waals surface area contributed by atoms with Gasteiger partial charge in [0.1, 0.15) is 29.2 Å². The van der Waals surface area contributed by atoms with Crippen LogP contribution in [0.25, 0.3) is 0 Å². The second-order valence-corrected chi connectivity index (χ2v) is 33.8. The molecule has 3 aromatic carbocycles. The first-order valence-corrected chi connectivity index (χ1v) is 43.3. The van der Waals surface area contributed by atoms with E-state index in [0.29, 0.717) is 101 Å². The number of nitrogens with two attached hydrogens (primary N) is 1. The van der Waals surface area contributed by atoms with Gasteiger partial charge in [0.2, 0.25) is 5.91 Å². The summed E-state index contributed by atoms with van der Waals surface area (Å²) in [6.45, 7) is 36.5. The molecule has 0 radical (unpaired) electrons. The van der Waals surface area contributed by atoms with Gasteiger partial charge in [0, 0.05) is 55.6 Å². The summed E-state index contributed by atoms with van der Waals surface area (Å²) in [7, 11) is 0. The van der Waals surface area contributed by atoms with Crippen LogP contribution in [0.1, 0.15) is 166 Å². The Morgan fingerprint density at radius 2 is 1.02 bits per heavy atom. The fraction of sp³-hybridized carbons (Fsp3) is 0.556. The van der Waals surface area contributed by atoms with Gasteiger partial charge in [-0.1, -0.05) is 25.1 Å². The number of aromatic nitrogens is 6. The van der Waals surface area contributed by atoms with E-state index < -0.39 is 76.1 Å². The number of amides is 8. The number of hydrogen-bond donors (Lipinski definition) is 3. The molecule has 7 aliphatic heterocycles. The van der Waals surface area contributed by atoms with Crippen molar-refractivity contribution < 1.29 is 125 Å². The number of rotatable bonds is 7. The van der Waals surface area contributed by atoms with Gasteiger partial charge in [-0.25, -0.2) is 60.0 Å². The number of esters is 1. The van der Waals surface area contributed by atoms with Crippen molar-refractivity contribution in [1.82, 2.24) is 48.9 Å². The standard InChI is InChI=1S/C20H21F3N4O3.C17H26N4O4.C13H8F3NO2.C12H18IN3O2.C10H17NO4.C6H10O2.C3H9NO.Cu.HI/c1-11-3-4-30-20(29)27(11)16-8-24-26-9-12(2)25(10-17(16)26)18(28)7-13-5-14(21)19(23)15(22)6-13;1-11-7-20-14(8-19(11)16(23)25-17(3,4)5)13(6-18-20)21-12(2)9-24-10-15(21)22;14-10-6-8(7-11(15)12(10)16)17-13(18)19-9-4-2-1-3-5-9;1-8-6-16-10(9(13)5-14-16)7-15(8)11(17)18-12(2,3)4;1-7-5-6-14-8(12)11(7)9(13)15-10(2,3)4;1-5-2-3-8-6(7)4-5;1-3(4)2-5;;/h5-6,8,11-12H,3-4,7,9-10H2,1-2H3;6,11-12H,7-10H2,1-5H3;1-7H,(H,17,18);5,8H,6-7H2,1-4H3;7H,5-6H2,1-4H3;5H,2-4H2,1H3;3,5H,2,4H2,1H3;;1H/q;;;;;;;+1;/p-1/t11?,12-;11-,12?;;8-;;;;;/m00.0...../s1. The fourth-order valence-electron chi connectivity index (χ4n) is 12.6. The van der Waals surface area contributed by atoms with Crippen molar-refractivity contribution in [3.05, 3.63) is 134 Å². The maximum atomic E-state index is 13.5. The first-order chi connectivity index (χ1) is 57.1. The van der Waals surface area contributed by atoms with Gasteiger partial charge in [0.05, 0.1) is 153 Å². The second kappa shape index (κ2) is 46.1. The predicted octanol–water partition coefficient (Wildman–Crippen LogP) is 14.4. The predicted molar refractivity (Wildman–Crippen MR) is 448 cm³/mol. The van der Waals surface area contributed by atoms with E-state index in [9.17, 15) is 69.5 Å². The van der Waals surface area contributed by atoms with E-state index >= 15 is 0 Å². The first kappa shape index (κ1) is 102. The molecule has 8 amide bonds. The minimum absolute atomic E-state index is 0.0343. The number of anilines is 3. The molecule has 4 N–H and O–H groups in total. The molecule has 0 spiro atoms. The van der Waals surface area contributed by atoms with Gasteiger partial charge in [0.25, 0.3) is 5.91 Å². The number of nitrogens with zero attached hydrogens (tertiary/aromatic N) is 12. The summed E-state index contributed by atoms with van der Waals surface area (Å²) in [6, 6.07) is 10.5. The van der Waals surface area contributed by atoms with Gasteiger partial charge < -0.3 is 58.5 Å². The van der Waals surface area contributed by atoms with E-state index in [-0.39, 0.29) is 115 Å². The summed E-state index contributed by atoms with van der Waals surface area (Å²) < 4.78 is 126. The molecule has 32 nitrogen and oxygen atoms in total. The van der Waals surface area contributed by atoms with Crippen molar-refractivity contribution in [2.45, 2.75) is 248 Å². The Bertz CT molecular complexity index is 4520. The van der Waals surface area contributed by atoms with Crippen LogP contribution in [0.5, 0.6) is 5.75 Å². The summed E-state index contributed by atoms with van der Waals surface area (Å²) in [5, 5.41) is 23.2. The number of hydrogen-bond acceptors (Lipinski definition) is 22. The summed E-state index contributed by atoms with van der Waals surface area (Å²) in [5.74, 6) is -8.29. The van der Waals surface area contributed by atoms with Crippen molar-refractivity contribution in [1.29, 1.82) is 0 Å². The number of imide groups is 1. The van der Waals surface area contributed by atoms with Crippen LogP contribution < -0.4 is 25.6 Å². The van der Waals surface area contributed by atoms with Crippen LogP contribution in [0.15, 0.2) is 73.2 Å². The van der Waals surface area contributed by atoms with E-state index in [1.807, 2.05) is 91.7 Å². The molecule has 13 rings (SSSR count). The molecule has 678 valence electrons. The number of nitrogens with one attached hydrogen (secondary N) is 1. The zero-order valence-electron chi connectivity index (χ0n) is 71.2. The van der Waals surface area contributed by atoms with Crippen molar-refractivity contribution >= 4 is 114 Å². The number of ether oxygens (including phenoxy) is 8. The van der Waals surface area contributed by atoms with Crippen molar-refractivity contribution in [3.63, 3.8) is 0 Å². The van der Waals surface area contributed by atoms with Crippen LogP contribution in [0.2, 0.25) is 0 Å². The molecule has 0 bridgehead atoms. The van der Waals surface area contributed by atoms with Crippen LogP contribution >= 0.6 is 42.9 Å². The fourth-order valence-corrected chi connectivity index (χ4v) is 13.1. The molecule has 5 unspecified atom stereocenters. The van der Waals surface area contributed by atoms with Crippen molar-refractivity contribution in [2.24, 2.45) is 11.7 Å². The van der Waals surface area contributed by atoms with Gasteiger partial charge in [-0.2, -0.15) is 15.3 Å². The third kappa shape index (κ3) is 30.1. The SMILES string of the molecule is CC(N)CO.CC1CCOC(=O)C1.CC1CCOC(=O)N1C(=O)OC(C)(C)C.CC1CCOC(=O)N1c1cnn2c1CN(C(=O)Cc1cc(F)c(F)c(F)c1)[C@@H](C)C2.CC1COCC(=O)N1c1cnn2c1CN(C(=O)OC(C)(C)C)[C@@H](C)C2.C[C@H]1Cn2ncc(I)c2CN1C(=O)OC(C)(C)C.O=C(Nc1cc(F)c(F)c(F)c1)Oc1ccccc1.[Cu][I]. The van der Waals surface area contributed by atoms with E-state index in [4.69, 9.17) is 48.7 Å². The van der Waals surface area contributed by atoms with Crippen LogP contribution in [-0.4, -0.2) is 207 Å². The normalized spacial score (nSPS) is 20.1. The van der Waals surface area contributed by atoms with Gasteiger partial charge in [-0.05, 0) is 176 Å². The molecule has 0 saturated carbocycles. The zero-order chi connectivity index (χ0) is 91.2. The average molecular weight is 2000 g/mol. The molecule has 6 aromatic rings. The summed E-state index contributed by atoms with van der Waals surface area (Å²) in [6.07, 6.45) is 4.57. The van der Waals surface area contributed by atoms with E-state index in [0.717, 1.165) is 50.6 Å². The quantitative estimate of drug-likeness (QED) is 0.0334. The number of morpholine rings is 1. The first-order valence-electron chi connectivity index (χ1n) is 39.2. The number of aliphatic hydroxyl groups is 1. The molecular formula is C81H109CuF6I2N14O18. The Morgan fingerprint density at radius 3 is 1.48 bits per heavy atom. The Morgan fingerprint density at radius 1 is 0.582 bits per heavy atom. The Hall–Kier alpha value is -9.04. The minimum atomic E-state index is -1.60. The van der Waals surface area contributed by atoms with Crippen molar-refractivity contribution in [2.75, 3.05) is 54.8 Å². The number of carbonyl (C=O) groups is 9. The Kier molecular flexibility index (Phi) is 38.4. The van der Waals surface area contributed by atoms with Crippen molar-refractivity contribution in [3.8, 4) is 5.75 Å². The number of fused-ring (bicyclic) bond motifs is 3. The monoisotopic (exact) mass is 2000 g/mol. The zero-order valence-corrected chi connectivity index (χ0v) is 76.5. The maximum absolute atomic E-state index is 13.5. The summed E-state index contributed by atoms with van der Waals surface area (Å²) >= 11 is 8.12. The molecule has 0 aliphatic carbocycles. The molecular weight excluding hydrogens is 1890 g/mol. The Labute approximate surface area is 738 Å². The summed E-state index contributed by atoms with van der Waals surface area (Å²) in [4.78, 5) is 116. The molecule has 8 atom stereocenters. The third-order valence-electron chi connectivity index (χ3n) is 18.7. The number of carbonyl (C=O) groups excluding carboxylic acids is 9. The number of benzene rings is 3. The molecule has 7 aliphatic rings. The van der Waals surface area contributed by atoms with E-state index in [1.165, 1.54) is 17.0 Å². The topological polar surface area (TPSA) is 359 Å². The van der Waals surface area contributed by atoms with Gasteiger partial charge in [-0.15, -0.1) is 0 Å². The van der Waals surface area contributed by atoms with Crippen LogP contribution in [0.3, 0.4) is 0 Å². The van der Waals surface area contributed by atoms with Crippen LogP contribution in [0.4, 0.5) is 72.2 Å². The summed E-state index contributed by atoms with van der Waals surface area (Å²) in [5.41, 5.74) is 7.20. The van der Waals surface area contributed by atoms with E-state index in [2.05, 4.69) is 62.9 Å². The average Bonchev–Trinajstić information content (AvgIpc) is 1.61. The number of para-hydroxylation sites is 1. The van der Waals surface area contributed by atoms with Gasteiger partial charge in [-0.3, -0.25) is 48.4 Å². The molecule has 4 fully saturated rings. The van der Waals surface area contributed by atoms with E-state index in [1.54, 1.807) is 110 Å². The molecule has 10 heterocycles. The number of cyclic esters (lactones) is 3. The number of aliphatic hydroxyl groups excluding tert-OH is 1. The molecule has 41 heteroatoms. The van der Waals surface area contributed by atoms with Crippen LogP contribution in [0, 0.1) is 44.4 Å². The molecule has 122 heavy (non-hydrogen) atoms.